The van der Waals surface area contributed by atoms with Gasteiger partial charge in [-0.25, -0.2) is 0 Å². The molecule has 0 aliphatic heterocycles. The first-order valence-electron chi connectivity index (χ1n) is 10.4. The lowest BCUT2D eigenvalue weighted by molar-refractivity contribution is -0.137. The average Bonchev–Trinajstić information content (AvgIpc) is 2.82. The maximum absolute atomic E-state index is 12.8. The van der Waals surface area contributed by atoms with E-state index < -0.39 is 23.2 Å². The lowest BCUT2D eigenvalue weighted by Crippen LogP contribution is -2.25. The van der Waals surface area contributed by atoms with Gasteiger partial charge in [0.2, 0.25) is 5.91 Å². The van der Waals surface area contributed by atoms with Gasteiger partial charge in [0.25, 0.3) is 5.56 Å². The molecule has 0 aliphatic carbocycles. The van der Waals surface area contributed by atoms with E-state index in [1.165, 1.54) is 19.2 Å². The molecule has 0 unspecified atom stereocenters. The number of aryl methyl sites for hydroxylation is 1. The molecule has 11 heteroatoms. The summed E-state index contributed by atoms with van der Waals surface area (Å²) >= 11 is 0. The third kappa shape index (κ3) is 6.33. The smallest absolute Gasteiger partial charge is 0.416 e. The molecule has 0 saturated carbocycles. The summed E-state index contributed by atoms with van der Waals surface area (Å²) in [7, 11) is 1.50. The minimum absolute atomic E-state index is 0.0175. The quantitative estimate of drug-likeness (QED) is 0.490. The second kappa shape index (κ2) is 10.8. The van der Waals surface area contributed by atoms with E-state index in [4.69, 9.17) is 9.47 Å². The van der Waals surface area contributed by atoms with Crippen LogP contribution in [-0.2, 0) is 23.9 Å². The number of methoxy groups -OCH3 is 1. The molecule has 0 saturated heterocycles. The molecule has 180 valence electrons. The molecule has 0 spiro atoms. The summed E-state index contributed by atoms with van der Waals surface area (Å²) in [6.45, 7) is 2.25. The minimum atomic E-state index is -4.46. The van der Waals surface area contributed by atoms with Gasteiger partial charge in [0.05, 0.1) is 19.3 Å². The number of ether oxygens (including phenoxy) is 2. The first kappa shape index (κ1) is 24.7. The molecule has 3 rings (SSSR count). The molecule has 1 heterocycles. The van der Waals surface area contributed by atoms with Crippen molar-refractivity contribution in [3.63, 3.8) is 0 Å². The number of nitrogens with zero attached hydrogens (tertiary/aromatic N) is 2. The molecule has 3 aromatic rings. The number of carbonyl (C=O) groups excluding carboxylic acids is 1. The fraction of sp³-hybridized carbons (Fsp3) is 0.304. The molecule has 2 N–H and O–H groups in total. The molecule has 0 fully saturated rings. The number of alkyl halides is 3. The summed E-state index contributed by atoms with van der Waals surface area (Å²) in [5.74, 6) is 0.823. The highest BCUT2D eigenvalue weighted by Gasteiger charge is 2.30. The number of hydrogen-bond acceptors (Lipinski definition) is 6. The Kier molecular flexibility index (Phi) is 7.87. The summed E-state index contributed by atoms with van der Waals surface area (Å²) in [5, 5.41) is 10.5. The topological polar surface area (TPSA) is 106 Å². The molecule has 34 heavy (non-hydrogen) atoms. The number of carbonyl (C=O) groups is 1. The molecule has 0 radical (unpaired) electrons. The van der Waals surface area contributed by atoms with E-state index in [0.29, 0.717) is 29.2 Å². The Labute approximate surface area is 193 Å². The molecular formula is C23H23F3N4O4. The predicted octanol–water partition coefficient (Wildman–Crippen LogP) is 3.51. The van der Waals surface area contributed by atoms with Crippen LogP contribution in [-0.4, -0.2) is 34.8 Å². The van der Waals surface area contributed by atoms with Gasteiger partial charge >= 0.3 is 6.18 Å². The second-order valence-electron chi connectivity index (χ2n) is 7.22. The van der Waals surface area contributed by atoms with E-state index in [1.807, 2.05) is 6.92 Å². The highest BCUT2D eigenvalue weighted by atomic mass is 19.4. The Balaban J connectivity index is 1.60. The van der Waals surface area contributed by atoms with Crippen molar-refractivity contribution in [1.29, 1.82) is 0 Å². The zero-order valence-electron chi connectivity index (χ0n) is 18.5. The van der Waals surface area contributed by atoms with E-state index in [9.17, 15) is 22.8 Å². The van der Waals surface area contributed by atoms with Crippen molar-refractivity contribution in [1.82, 2.24) is 20.5 Å². The monoisotopic (exact) mass is 476 g/mol. The number of nitrogens with one attached hydrogen (secondary N) is 2. The summed E-state index contributed by atoms with van der Waals surface area (Å²) in [6, 6.07) is 9.76. The molecular weight excluding hydrogens is 453 g/mol. The van der Waals surface area contributed by atoms with Crippen molar-refractivity contribution in [3.8, 4) is 22.9 Å². The van der Waals surface area contributed by atoms with E-state index >= 15 is 0 Å². The number of rotatable bonds is 9. The van der Waals surface area contributed by atoms with Crippen molar-refractivity contribution < 1.29 is 27.4 Å². The Morgan fingerprint density at radius 3 is 2.59 bits per heavy atom. The first-order chi connectivity index (χ1) is 16.2. The van der Waals surface area contributed by atoms with Gasteiger partial charge in [-0.05, 0) is 42.8 Å². The molecule has 1 amide bonds. The molecule has 0 atom stereocenters. The van der Waals surface area contributed by atoms with Gasteiger partial charge in [-0.1, -0.05) is 12.1 Å². The maximum atomic E-state index is 12.8. The Hall–Kier alpha value is -3.89. The number of amides is 1. The van der Waals surface area contributed by atoms with Crippen LogP contribution in [0.2, 0.25) is 0 Å². The average molecular weight is 476 g/mol. The SMILES string of the molecule is CCOc1ccc(-c2nnc(CCC(=O)NCc3cccc(C(F)(F)F)c3)c(=O)[nH]2)cc1OC. The van der Waals surface area contributed by atoms with Crippen LogP contribution in [0.5, 0.6) is 11.5 Å². The molecule has 8 nitrogen and oxygen atoms in total. The maximum Gasteiger partial charge on any atom is 0.416 e. The van der Waals surface area contributed by atoms with Crippen molar-refractivity contribution in [3.05, 3.63) is 69.6 Å². The third-order valence-corrected chi connectivity index (χ3v) is 4.83. The number of aromatic nitrogens is 3. The Bertz CT molecular complexity index is 1210. The molecule has 0 aliphatic rings. The van der Waals surface area contributed by atoms with E-state index in [0.717, 1.165) is 12.1 Å². The minimum Gasteiger partial charge on any atom is -0.493 e. The van der Waals surface area contributed by atoms with Crippen molar-refractivity contribution in [2.75, 3.05) is 13.7 Å². The summed E-state index contributed by atoms with van der Waals surface area (Å²) in [5.41, 5.74) is -0.336. The summed E-state index contributed by atoms with van der Waals surface area (Å²) in [6.07, 6.45) is -4.51. The second-order valence-corrected chi connectivity index (χ2v) is 7.22. The standard InChI is InChI=1S/C23H23F3N4O4/c1-3-34-18-9-7-15(12-19(18)33-2)21-28-22(32)17(29-30-21)8-10-20(31)27-13-14-5-4-6-16(11-14)23(24,25)26/h4-7,9,11-12H,3,8,10,13H2,1-2H3,(H,27,31)(H,28,30,32). The number of aromatic amines is 1. The normalized spacial score (nSPS) is 11.2. The number of benzene rings is 2. The van der Waals surface area contributed by atoms with Crippen LogP contribution in [0.4, 0.5) is 13.2 Å². The van der Waals surface area contributed by atoms with Gasteiger partial charge in [-0.15, -0.1) is 10.2 Å². The van der Waals surface area contributed by atoms with Crippen molar-refractivity contribution in [2.45, 2.75) is 32.5 Å². The van der Waals surface area contributed by atoms with Crippen molar-refractivity contribution >= 4 is 5.91 Å². The van der Waals surface area contributed by atoms with E-state index in [1.54, 1.807) is 18.2 Å². The Morgan fingerprint density at radius 2 is 1.91 bits per heavy atom. The lowest BCUT2D eigenvalue weighted by atomic mass is 10.1. The summed E-state index contributed by atoms with van der Waals surface area (Å²) < 4.78 is 49.1. The summed E-state index contributed by atoms with van der Waals surface area (Å²) in [4.78, 5) is 27.1. The predicted molar refractivity (Wildman–Crippen MR) is 117 cm³/mol. The van der Waals surface area contributed by atoms with Gasteiger partial charge in [0.1, 0.15) is 5.69 Å². The number of H-pyrrole nitrogens is 1. The van der Waals surface area contributed by atoms with Crippen LogP contribution < -0.4 is 20.3 Å². The van der Waals surface area contributed by atoms with E-state index in [-0.39, 0.29) is 30.9 Å². The van der Waals surface area contributed by atoms with Crippen LogP contribution in [0, 0.1) is 0 Å². The lowest BCUT2D eigenvalue weighted by Gasteiger charge is -2.10. The third-order valence-electron chi connectivity index (χ3n) is 4.83. The molecule has 0 bridgehead atoms. The Morgan fingerprint density at radius 1 is 1.12 bits per heavy atom. The van der Waals surface area contributed by atoms with Gasteiger partial charge in [-0.2, -0.15) is 13.2 Å². The zero-order chi connectivity index (χ0) is 24.7. The fourth-order valence-electron chi connectivity index (χ4n) is 3.12. The van der Waals surface area contributed by atoms with Crippen LogP contribution >= 0.6 is 0 Å². The van der Waals surface area contributed by atoms with Crippen LogP contribution in [0.15, 0.2) is 47.3 Å². The van der Waals surface area contributed by atoms with Gasteiger partial charge in [0, 0.05) is 24.9 Å². The largest absolute Gasteiger partial charge is 0.493 e. The van der Waals surface area contributed by atoms with Crippen molar-refractivity contribution in [2.24, 2.45) is 0 Å². The zero-order valence-corrected chi connectivity index (χ0v) is 18.5. The van der Waals surface area contributed by atoms with Crippen LogP contribution in [0.3, 0.4) is 0 Å². The number of halogens is 3. The van der Waals surface area contributed by atoms with Gasteiger partial charge in [0.15, 0.2) is 17.3 Å². The molecule has 2 aromatic carbocycles. The fourth-order valence-corrected chi connectivity index (χ4v) is 3.12. The van der Waals surface area contributed by atoms with Gasteiger partial charge < -0.3 is 19.8 Å². The van der Waals surface area contributed by atoms with E-state index in [2.05, 4.69) is 20.5 Å². The number of hydrogen-bond donors (Lipinski definition) is 2. The van der Waals surface area contributed by atoms with Gasteiger partial charge in [-0.3, -0.25) is 9.59 Å². The van der Waals surface area contributed by atoms with Crippen LogP contribution in [0.1, 0.15) is 30.2 Å². The molecule has 1 aromatic heterocycles. The van der Waals surface area contributed by atoms with Crippen LogP contribution in [0.25, 0.3) is 11.4 Å². The highest BCUT2D eigenvalue weighted by Crippen LogP contribution is 2.31. The first-order valence-corrected chi connectivity index (χ1v) is 10.4. The highest BCUT2D eigenvalue weighted by molar-refractivity contribution is 5.76.